The number of H-pyrrole nitrogens is 1. The van der Waals surface area contributed by atoms with Crippen LogP contribution in [0.4, 0.5) is 0 Å². The van der Waals surface area contributed by atoms with Crippen molar-refractivity contribution in [2.24, 2.45) is 5.14 Å². The molecule has 0 spiro atoms. The summed E-state index contributed by atoms with van der Waals surface area (Å²) in [4.78, 5) is 11.8. The summed E-state index contributed by atoms with van der Waals surface area (Å²) in [6.45, 7) is 2.59. The van der Waals surface area contributed by atoms with E-state index >= 15 is 0 Å². The number of hydrogen-bond acceptors (Lipinski definition) is 5. The lowest BCUT2D eigenvalue weighted by Gasteiger charge is -2.22. The minimum absolute atomic E-state index is 0.133. The Kier molecular flexibility index (Phi) is 3.88. The van der Waals surface area contributed by atoms with Gasteiger partial charge in [-0.3, -0.25) is 9.89 Å². The first kappa shape index (κ1) is 14.0. The maximum Gasteiger partial charge on any atom is 0.273 e. The number of sulfonamides is 1. The van der Waals surface area contributed by atoms with Gasteiger partial charge in [0.25, 0.3) is 5.91 Å². The summed E-state index contributed by atoms with van der Waals surface area (Å²) in [5.41, 5.74) is 0.0399. The van der Waals surface area contributed by atoms with Gasteiger partial charge in [-0.2, -0.15) is 5.10 Å². The standard InChI is InChI=1S/C10H16N4O4S/c1-6-9(19(11,16)17)8(14-13-6)10(15)12-7-3-2-4-18-5-7/h7H,2-5H2,1H3,(H,12,15)(H,13,14)(H2,11,16,17). The maximum absolute atomic E-state index is 12.0. The van der Waals surface area contributed by atoms with Crippen LogP contribution in [0.15, 0.2) is 4.90 Å². The van der Waals surface area contributed by atoms with Crippen molar-refractivity contribution in [2.75, 3.05) is 13.2 Å². The number of carbonyl (C=O) groups is 1. The Morgan fingerprint density at radius 2 is 2.32 bits per heavy atom. The van der Waals surface area contributed by atoms with Gasteiger partial charge in [-0.15, -0.1) is 0 Å². The summed E-state index contributed by atoms with van der Waals surface area (Å²) in [5.74, 6) is -0.566. The van der Waals surface area contributed by atoms with Crippen LogP contribution in [0.3, 0.4) is 0 Å². The van der Waals surface area contributed by atoms with Crippen LogP contribution < -0.4 is 10.5 Å². The molecule has 4 N–H and O–H groups in total. The van der Waals surface area contributed by atoms with Gasteiger partial charge in [-0.05, 0) is 19.8 Å². The molecule has 0 aliphatic carbocycles. The van der Waals surface area contributed by atoms with E-state index in [2.05, 4.69) is 15.5 Å². The third kappa shape index (κ3) is 3.11. The van der Waals surface area contributed by atoms with Gasteiger partial charge in [-0.25, -0.2) is 13.6 Å². The van der Waals surface area contributed by atoms with E-state index in [4.69, 9.17) is 9.88 Å². The first-order valence-electron chi connectivity index (χ1n) is 5.86. The first-order chi connectivity index (χ1) is 8.89. The molecule has 0 radical (unpaired) electrons. The SMILES string of the molecule is Cc1[nH]nc(C(=O)NC2CCCOC2)c1S(N)(=O)=O. The normalized spacial score (nSPS) is 20.2. The smallest absolute Gasteiger partial charge is 0.273 e. The molecule has 8 nitrogen and oxygen atoms in total. The third-order valence-corrected chi connectivity index (χ3v) is 3.95. The Hall–Kier alpha value is -1.45. The Labute approximate surface area is 110 Å². The van der Waals surface area contributed by atoms with Crippen LogP contribution >= 0.6 is 0 Å². The highest BCUT2D eigenvalue weighted by Gasteiger charge is 2.27. The van der Waals surface area contributed by atoms with E-state index in [0.717, 1.165) is 12.8 Å². The molecule has 9 heteroatoms. The number of ether oxygens (including phenoxy) is 1. The monoisotopic (exact) mass is 288 g/mol. The molecule has 19 heavy (non-hydrogen) atoms. The lowest BCUT2D eigenvalue weighted by molar-refractivity contribution is 0.0620. The topological polar surface area (TPSA) is 127 Å². The molecule has 1 saturated heterocycles. The first-order valence-corrected chi connectivity index (χ1v) is 7.40. The second kappa shape index (κ2) is 5.27. The number of aromatic nitrogens is 2. The van der Waals surface area contributed by atoms with Gasteiger partial charge in [-0.1, -0.05) is 0 Å². The van der Waals surface area contributed by atoms with E-state index in [1.807, 2.05) is 0 Å². The van der Waals surface area contributed by atoms with E-state index in [-0.39, 0.29) is 22.3 Å². The predicted octanol–water partition coefficient (Wildman–Crippen LogP) is -0.726. The highest BCUT2D eigenvalue weighted by Crippen LogP contribution is 2.16. The number of nitrogens with zero attached hydrogens (tertiary/aromatic N) is 1. The van der Waals surface area contributed by atoms with Gasteiger partial charge in [0.15, 0.2) is 5.69 Å². The van der Waals surface area contributed by atoms with E-state index < -0.39 is 15.9 Å². The van der Waals surface area contributed by atoms with Gasteiger partial charge in [0.2, 0.25) is 10.0 Å². The van der Waals surface area contributed by atoms with E-state index in [0.29, 0.717) is 13.2 Å². The highest BCUT2D eigenvalue weighted by atomic mass is 32.2. The molecule has 2 rings (SSSR count). The van der Waals surface area contributed by atoms with Crippen molar-refractivity contribution in [1.29, 1.82) is 0 Å². The molecular weight excluding hydrogens is 272 g/mol. The highest BCUT2D eigenvalue weighted by molar-refractivity contribution is 7.89. The Morgan fingerprint density at radius 3 is 2.89 bits per heavy atom. The zero-order chi connectivity index (χ0) is 14.0. The van der Waals surface area contributed by atoms with E-state index in [1.54, 1.807) is 0 Å². The number of rotatable bonds is 3. The lowest BCUT2D eigenvalue weighted by Crippen LogP contribution is -2.41. The molecule has 1 aromatic heterocycles. The minimum atomic E-state index is -3.99. The van der Waals surface area contributed by atoms with Crippen LogP contribution in [0.25, 0.3) is 0 Å². The Bertz CT molecular complexity index is 574. The molecule has 106 valence electrons. The van der Waals surface area contributed by atoms with Crippen molar-refractivity contribution >= 4 is 15.9 Å². The van der Waals surface area contributed by atoms with E-state index in [1.165, 1.54) is 6.92 Å². The van der Waals surface area contributed by atoms with Crippen molar-refractivity contribution in [3.05, 3.63) is 11.4 Å². The van der Waals surface area contributed by atoms with Crippen molar-refractivity contribution in [3.8, 4) is 0 Å². The fourth-order valence-electron chi connectivity index (χ4n) is 2.03. The number of nitrogens with one attached hydrogen (secondary N) is 2. The number of aryl methyl sites for hydroxylation is 1. The second-order valence-corrected chi connectivity index (χ2v) is 5.96. The van der Waals surface area contributed by atoms with Crippen LogP contribution in [-0.2, 0) is 14.8 Å². The summed E-state index contributed by atoms with van der Waals surface area (Å²) in [7, 11) is -3.99. The Morgan fingerprint density at radius 1 is 1.58 bits per heavy atom. The van der Waals surface area contributed by atoms with Crippen LogP contribution in [0.1, 0.15) is 29.0 Å². The molecule has 1 aliphatic heterocycles. The number of aromatic amines is 1. The van der Waals surface area contributed by atoms with Gasteiger partial charge in [0.1, 0.15) is 4.90 Å². The van der Waals surface area contributed by atoms with Crippen LogP contribution in [0.5, 0.6) is 0 Å². The number of amides is 1. The zero-order valence-corrected chi connectivity index (χ0v) is 11.3. The largest absolute Gasteiger partial charge is 0.379 e. The number of hydrogen-bond donors (Lipinski definition) is 3. The molecule has 1 atom stereocenters. The molecule has 1 fully saturated rings. The van der Waals surface area contributed by atoms with Gasteiger partial charge in [0, 0.05) is 6.61 Å². The third-order valence-electron chi connectivity index (χ3n) is 2.89. The van der Waals surface area contributed by atoms with Crippen LogP contribution in [0, 0.1) is 6.92 Å². The summed E-state index contributed by atoms with van der Waals surface area (Å²) in [6, 6.07) is -0.133. The molecule has 0 bridgehead atoms. The quantitative estimate of drug-likeness (QED) is 0.676. The zero-order valence-electron chi connectivity index (χ0n) is 10.5. The molecule has 1 unspecified atom stereocenters. The van der Waals surface area contributed by atoms with Crippen molar-refractivity contribution in [2.45, 2.75) is 30.7 Å². The Balaban J connectivity index is 2.20. The van der Waals surface area contributed by atoms with E-state index in [9.17, 15) is 13.2 Å². The molecule has 2 heterocycles. The maximum atomic E-state index is 12.0. The molecule has 1 aliphatic rings. The number of carbonyl (C=O) groups excluding carboxylic acids is 1. The predicted molar refractivity (Wildman–Crippen MR) is 66.0 cm³/mol. The number of primary sulfonamides is 1. The second-order valence-electron chi connectivity index (χ2n) is 4.46. The molecule has 1 amide bonds. The van der Waals surface area contributed by atoms with Crippen molar-refractivity contribution in [3.63, 3.8) is 0 Å². The molecule has 0 aromatic carbocycles. The fraction of sp³-hybridized carbons (Fsp3) is 0.600. The summed E-state index contributed by atoms with van der Waals surface area (Å²) in [6.07, 6.45) is 1.65. The van der Waals surface area contributed by atoms with Gasteiger partial charge >= 0.3 is 0 Å². The summed E-state index contributed by atoms with van der Waals surface area (Å²) in [5, 5.41) is 13.9. The molecule has 0 saturated carbocycles. The van der Waals surface area contributed by atoms with Crippen molar-refractivity contribution in [1.82, 2.24) is 15.5 Å². The average molecular weight is 288 g/mol. The van der Waals surface area contributed by atoms with Crippen molar-refractivity contribution < 1.29 is 17.9 Å². The van der Waals surface area contributed by atoms with Crippen LogP contribution in [-0.4, -0.2) is 43.8 Å². The average Bonchev–Trinajstić information content (AvgIpc) is 2.72. The summed E-state index contributed by atoms with van der Waals surface area (Å²) >= 11 is 0. The minimum Gasteiger partial charge on any atom is -0.379 e. The van der Waals surface area contributed by atoms with Gasteiger partial charge in [0.05, 0.1) is 18.3 Å². The summed E-state index contributed by atoms with van der Waals surface area (Å²) < 4.78 is 28.1. The van der Waals surface area contributed by atoms with Gasteiger partial charge < -0.3 is 10.1 Å². The fourth-order valence-corrected chi connectivity index (χ4v) is 2.91. The molecular formula is C10H16N4O4S. The van der Waals surface area contributed by atoms with Crippen LogP contribution in [0.2, 0.25) is 0 Å². The number of nitrogens with two attached hydrogens (primary N) is 1. The molecule has 1 aromatic rings. The lowest BCUT2D eigenvalue weighted by atomic mass is 10.1.